The van der Waals surface area contributed by atoms with Crippen LogP contribution in [0.3, 0.4) is 0 Å². The standard InChI is InChI=1S/C23H23ClN6O4S/c1-16-10-17(4-5-30(16)32)20-12-25-22(26-13-20)23(31)27-6-8-28(9-7-27)35(33,34)29-14-18-2-3-21(24)11-19(18)15-29/h2-5,10-13H,6-9,14-15H2,1H3. The van der Waals surface area contributed by atoms with Crippen LogP contribution >= 0.6 is 11.6 Å². The Balaban J connectivity index is 1.21. The summed E-state index contributed by atoms with van der Waals surface area (Å²) in [5, 5.41) is 12.1. The molecule has 0 saturated carbocycles. The molecule has 182 valence electrons. The molecule has 10 nitrogen and oxygen atoms in total. The summed E-state index contributed by atoms with van der Waals surface area (Å²) in [7, 11) is -3.67. The van der Waals surface area contributed by atoms with E-state index in [1.807, 2.05) is 6.07 Å². The Morgan fingerprint density at radius 1 is 0.971 bits per heavy atom. The number of fused-ring (bicyclic) bond motifs is 1. The first-order chi connectivity index (χ1) is 16.7. The van der Waals surface area contributed by atoms with Crippen LogP contribution in [0.25, 0.3) is 11.1 Å². The number of halogens is 1. The maximum absolute atomic E-state index is 13.2. The Bertz CT molecular complexity index is 1390. The van der Waals surface area contributed by atoms with Crippen molar-refractivity contribution in [3.05, 3.63) is 81.8 Å². The van der Waals surface area contributed by atoms with Crippen molar-refractivity contribution in [3.8, 4) is 11.1 Å². The monoisotopic (exact) mass is 514 g/mol. The first kappa shape index (κ1) is 23.6. The van der Waals surface area contributed by atoms with Gasteiger partial charge in [0, 0.05) is 81.3 Å². The molecule has 1 fully saturated rings. The maximum Gasteiger partial charge on any atom is 0.291 e. The van der Waals surface area contributed by atoms with E-state index in [9.17, 15) is 18.4 Å². The van der Waals surface area contributed by atoms with Gasteiger partial charge in [0.1, 0.15) is 0 Å². The van der Waals surface area contributed by atoms with Crippen LogP contribution in [0.5, 0.6) is 0 Å². The van der Waals surface area contributed by atoms with Crippen molar-refractivity contribution in [1.82, 2.24) is 23.5 Å². The van der Waals surface area contributed by atoms with E-state index >= 15 is 0 Å². The van der Waals surface area contributed by atoms with Crippen LogP contribution in [-0.4, -0.2) is 64.0 Å². The van der Waals surface area contributed by atoms with Gasteiger partial charge in [-0.25, -0.2) is 9.97 Å². The summed E-state index contributed by atoms with van der Waals surface area (Å²) in [6.07, 6.45) is 4.50. The van der Waals surface area contributed by atoms with Crippen LogP contribution in [0, 0.1) is 12.1 Å². The minimum absolute atomic E-state index is 0.0449. The van der Waals surface area contributed by atoms with Crippen LogP contribution in [0.15, 0.2) is 48.9 Å². The molecule has 0 spiro atoms. The summed E-state index contributed by atoms with van der Waals surface area (Å²) in [5.74, 6) is -0.304. The molecule has 2 aromatic heterocycles. The van der Waals surface area contributed by atoms with E-state index in [-0.39, 0.29) is 44.5 Å². The molecule has 1 aromatic carbocycles. The summed E-state index contributed by atoms with van der Waals surface area (Å²) >= 11 is 6.04. The van der Waals surface area contributed by atoms with E-state index in [4.69, 9.17) is 11.6 Å². The van der Waals surface area contributed by atoms with Gasteiger partial charge in [-0.15, -0.1) is 0 Å². The molecule has 5 rings (SSSR count). The fraction of sp³-hybridized carbons (Fsp3) is 0.304. The molecule has 12 heteroatoms. The predicted molar refractivity (Wildman–Crippen MR) is 128 cm³/mol. The van der Waals surface area contributed by atoms with Gasteiger partial charge in [-0.2, -0.15) is 21.8 Å². The average molecular weight is 515 g/mol. The molecule has 2 aliphatic rings. The third kappa shape index (κ3) is 4.59. The summed E-state index contributed by atoms with van der Waals surface area (Å²) in [6, 6.07) is 8.80. The van der Waals surface area contributed by atoms with Gasteiger partial charge in [0.15, 0.2) is 11.9 Å². The largest absolute Gasteiger partial charge is 0.619 e. The average Bonchev–Trinajstić information content (AvgIpc) is 3.30. The second-order valence-corrected chi connectivity index (χ2v) is 10.9. The van der Waals surface area contributed by atoms with Gasteiger partial charge in [0.25, 0.3) is 16.1 Å². The van der Waals surface area contributed by atoms with Crippen molar-refractivity contribution in [2.75, 3.05) is 26.2 Å². The molecule has 35 heavy (non-hydrogen) atoms. The number of hydrogen-bond donors (Lipinski definition) is 0. The van der Waals surface area contributed by atoms with Crippen molar-refractivity contribution in [2.24, 2.45) is 0 Å². The normalized spacial score (nSPS) is 16.9. The van der Waals surface area contributed by atoms with Crippen LogP contribution in [0.2, 0.25) is 5.02 Å². The Hall–Kier alpha value is -3.12. The third-order valence-electron chi connectivity index (χ3n) is 6.32. The zero-order chi connectivity index (χ0) is 24.7. The van der Waals surface area contributed by atoms with E-state index in [0.29, 0.717) is 22.8 Å². The topological polar surface area (TPSA) is 114 Å². The minimum atomic E-state index is -3.67. The van der Waals surface area contributed by atoms with Gasteiger partial charge in [-0.3, -0.25) is 4.79 Å². The van der Waals surface area contributed by atoms with Gasteiger partial charge in [-0.05, 0) is 28.8 Å². The number of carbonyl (C=O) groups excluding carboxylic acids is 1. The number of benzene rings is 1. The summed E-state index contributed by atoms with van der Waals surface area (Å²) in [4.78, 5) is 22.9. The van der Waals surface area contributed by atoms with Gasteiger partial charge in [0.2, 0.25) is 5.82 Å². The molecule has 1 saturated heterocycles. The molecule has 0 N–H and O–H groups in total. The van der Waals surface area contributed by atoms with E-state index in [2.05, 4.69) is 9.97 Å². The zero-order valence-corrected chi connectivity index (χ0v) is 20.5. The molecule has 2 aliphatic heterocycles. The van der Waals surface area contributed by atoms with Crippen LogP contribution in [0.4, 0.5) is 0 Å². The molecule has 3 aromatic rings. The number of nitrogens with zero attached hydrogens (tertiary/aromatic N) is 6. The molecule has 0 radical (unpaired) electrons. The second kappa shape index (κ2) is 9.15. The number of piperazine rings is 1. The summed E-state index contributed by atoms with van der Waals surface area (Å²) in [5.41, 5.74) is 3.86. The summed E-state index contributed by atoms with van der Waals surface area (Å²) in [6.45, 7) is 3.18. The fourth-order valence-electron chi connectivity index (χ4n) is 4.29. The Morgan fingerprint density at radius 3 is 2.34 bits per heavy atom. The molecule has 0 atom stereocenters. The molecular formula is C23H23ClN6O4S. The van der Waals surface area contributed by atoms with Gasteiger partial charge in [-0.1, -0.05) is 17.7 Å². The second-order valence-electron chi connectivity index (χ2n) is 8.56. The lowest BCUT2D eigenvalue weighted by Crippen LogP contribution is -2.53. The number of hydrogen-bond acceptors (Lipinski definition) is 6. The highest BCUT2D eigenvalue weighted by molar-refractivity contribution is 7.86. The van der Waals surface area contributed by atoms with E-state index in [1.54, 1.807) is 48.5 Å². The highest BCUT2D eigenvalue weighted by Gasteiger charge is 2.37. The maximum atomic E-state index is 13.2. The van der Waals surface area contributed by atoms with Crippen LogP contribution in [-0.2, 0) is 23.3 Å². The molecule has 1 amide bonds. The van der Waals surface area contributed by atoms with Crippen LogP contribution < -0.4 is 4.73 Å². The van der Waals surface area contributed by atoms with E-state index in [1.165, 1.54) is 14.8 Å². The van der Waals surface area contributed by atoms with Gasteiger partial charge < -0.3 is 10.1 Å². The van der Waals surface area contributed by atoms with Crippen LogP contribution in [0.1, 0.15) is 27.4 Å². The number of carbonyl (C=O) groups is 1. The van der Waals surface area contributed by atoms with Crippen molar-refractivity contribution in [2.45, 2.75) is 20.0 Å². The fourth-order valence-corrected chi connectivity index (χ4v) is 6.04. The minimum Gasteiger partial charge on any atom is -0.619 e. The summed E-state index contributed by atoms with van der Waals surface area (Å²) < 4.78 is 30.0. The first-order valence-electron chi connectivity index (χ1n) is 11.1. The Labute approximate surface area is 208 Å². The number of rotatable bonds is 4. The highest BCUT2D eigenvalue weighted by atomic mass is 35.5. The zero-order valence-electron chi connectivity index (χ0n) is 19.0. The molecule has 0 bridgehead atoms. The van der Waals surface area contributed by atoms with Gasteiger partial charge >= 0.3 is 0 Å². The molecule has 0 unspecified atom stereocenters. The van der Waals surface area contributed by atoms with Crippen molar-refractivity contribution < 1.29 is 17.9 Å². The lowest BCUT2D eigenvalue weighted by Gasteiger charge is -2.35. The van der Waals surface area contributed by atoms with E-state index < -0.39 is 10.2 Å². The third-order valence-corrected chi connectivity index (χ3v) is 8.48. The first-order valence-corrected chi connectivity index (χ1v) is 12.8. The highest BCUT2D eigenvalue weighted by Crippen LogP contribution is 2.29. The molecule has 4 heterocycles. The van der Waals surface area contributed by atoms with Crippen molar-refractivity contribution >= 4 is 27.7 Å². The van der Waals surface area contributed by atoms with Crippen molar-refractivity contribution in [3.63, 3.8) is 0 Å². The van der Waals surface area contributed by atoms with Crippen molar-refractivity contribution in [1.29, 1.82) is 0 Å². The number of aryl methyl sites for hydroxylation is 1. The lowest BCUT2D eigenvalue weighted by molar-refractivity contribution is -0.612. The Morgan fingerprint density at radius 2 is 1.66 bits per heavy atom. The number of aromatic nitrogens is 3. The Kier molecular flexibility index (Phi) is 6.18. The van der Waals surface area contributed by atoms with E-state index in [0.717, 1.165) is 21.4 Å². The van der Waals surface area contributed by atoms with Gasteiger partial charge in [0.05, 0.1) is 0 Å². The number of amides is 1. The number of pyridine rings is 1. The SMILES string of the molecule is Cc1cc(-c2cnc(C(=O)N3CCN(S(=O)(=O)N4Cc5ccc(Cl)cc5C4)CC3)nc2)cc[n+]1[O-]. The molecule has 0 aliphatic carbocycles. The lowest BCUT2D eigenvalue weighted by atomic mass is 10.1. The predicted octanol–water partition coefficient (Wildman–Crippen LogP) is 1.76. The smallest absolute Gasteiger partial charge is 0.291 e. The quantitative estimate of drug-likeness (QED) is 0.387. The molecular weight excluding hydrogens is 492 g/mol.